The average molecular weight is 222 g/mol. The van der Waals surface area contributed by atoms with Gasteiger partial charge in [0, 0.05) is 29.0 Å². The maximum atomic E-state index is 4.05. The predicted octanol–water partition coefficient (Wildman–Crippen LogP) is 3.03. The molecule has 0 bridgehead atoms. The number of aromatic amines is 1. The fourth-order valence-electron chi connectivity index (χ4n) is 2.33. The van der Waals surface area contributed by atoms with E-state index in [2.05, 4.69) is 45.1 Å². The van der Waals surface area contributed by atoms with Crippen molar-refractivity contribution in [3.05, 3.63) is 48.4 Å². The van der Waals surface area contributed by atoms with Gasteiger partial charge in [0.1, 0.15) is 0 Å². The maximum Gasteiger partial charge on any atom is 0.0671 e. The number of benzene rings is 1. The summed E-state index contributed by atoms with van der Waals surface area (Å²) in [4.78, 5) is 0. The van der Waals surface area contributed by atoms with Gasteiger partial charge in [0.2, 0.25) is 0 Å². The number of nitrogens with one attached hydrogen (secondary N) is 1. The number of rotatable bonds is 2. The highest BCUT2D eigenvalue weighted by atomic mass is 15.1. The Morgan fingerprint density at radius 3 is 3.18 bits per heavy atom. The van der Waals surface area contributed by atoms with E-state index in [1.165, 1.54) is 24.2 Å². The van der Waals surface area contributed by atoms with Crippen molar-refractivity contribution in [2.75, 3.05) is 0 Å². The second-order valence-electron chi connectivity index (χ2n) is 4.65. The predicted molar refractivity (Wildman–Crippen MR) is 66.2 cm³/mol. The molecule has 3 aromatic rings. The van der Waals surface area contributed by atoms with Crippen LogP contribution in [0.4, 0.5) is 0 Å². The van der Waals surface area contributed by atoms with Gasteiger partial charge in [-0.25, -0.2) is 0 Å². The maximum absolute atomic E-state index is 4.05. The third-order valence-electron chi connectivity index (χ3n) is 3.41. The van der Waals surface area contributed by atoms with Gasteiger partial charge in [0.05, 0.1) is 11.7 Å². The van der Waals surface area contributed by atoms with E-state index in [9.17, 15) is 0 Å². The highest BCUT2D eigenvalue weighted by Crippen LogP contribution is 2.41. The van der Waals surface area contributed by atoms with Crippen molar-refractivity contribution in [1.82, 2.24) is 14.8 Å². The zero-order valence-corrected chi connectivity index (χ0v) is 9.35. The smallest absolute Gasteiger partial charge is 0.0671 e. The van der Waals surface area contributed by atoms with Gasteiger partial charge >= 0.3 is 0 Å². The van der Waals surface area contributed by atoms with Crippen LogP contribution in [0, 0.1) is 6.07 Å². The van der Waals surface area contributed by atoms with Crippen molar-refractivity contribution in [1.29, 1.82) is 0 Å². The quantitative estimate of drug-likeness (QED) is 0.710. The fourth-order valence-corrected chi connectivity index (χ4v) is 2.33. The minimum atomic E-state index is 0.735. The Labute approximate surface area is 99.1 Å². The molecule has 1 aliphatic rings. The van der Waals surface area contributed by atoms with Crippen LogP contribution < -0.4 is 0 Å². The van der Waals surface area contributed by atoms with Gasteiger partial charge in [-0.2, -0.15) is 5.10 Å². The van der Waals surface area contributed by atoms with E-state index in [-0.39, 0.29) is 0 Å². The molecule has 0 spiro atoms. The van der Waals surface area contributed by atoms with E-state index in [0.717, 1.165) is 16.8 Å². The van der Waals surface area contributed by atoms with Crippen LogP contribution >= 0.6 is 0 Å². The molecule has 83 valence electrons. The van der Waals surface area contributed by atoms with Gasteiger partial charge in [-0.1, -0.05) is 0 Å². The Kier molecular flexibility index (Phi) is 1.72. The van der Waals surface area contributed by atoms with Gasteiger partial charge < -0.3 is 4.57 Å². The van der Waals surface area contributed by atoms with E-state index in [0.29, 0.717) is 0 Å². The molecule has 1 N–H and O–H groups in total. The molecule has 17 heavy (non-hydrogen) atoms. The van der Waals surface area contributed by atoms with Crippen LogP contribution in [0.25, 0.3) is 16.6 Å². The molecular weight excluding hydrogens is 210 g/mol. The zero-order chi connectivity index (χ0) is 11.2. The lowest BCUT2D eigenvalue weighted by Crippen LogP contribution is -1.96. The molecule has 0 unspecified atom stereocenters. The van der Waals surface area contributed by atoms with Crippen LogP contribution in [0.15, 0.2) is 36.7 Å². The van der Waals surface area contributed by atoms with Gasteiger partial charge in [-0.05, 0) is 43.0 Å². The molecule has 3 nitrogen and oxygen atoms in total. The molecule has 0 atom stereocenters. The highest BCUT2D eigenvalue weighted by Gasteiger charge is 2.26. The molecule has 0 aliphatic heterocycles. The van der Waals surface area contributed by atoms with Crippen LogP contribution in [0.3, 0.4) is 0 Å². The molecule has 1 radical (unpaired) electrons. The Hall–Kier alpha value is -2.03. The summed E-state index contributed by atoms with van der Waals surface area (Å²) in [6, 6.07) is 11.7. The van der Waals surface area contributed by atoms with Crippen molar-refractivity contribution in [2.45, 2.75) is 18.8 Å². The second-order valence-corrected chi connectivity index (χ2v) is 4.65. The van der Waals surface area contributed by atoms with Crippen molar-refractivity contribution in [3.8, 4) is 5.69 Å². The van der Waals surface area contributed by atoms with E-state index in [1.807, 2.05) is 12.4 Å². The third kappa shape index (κ3) is 1.39. The minimum Gasteiger partial charge on any atom is -0.320 e. The number of nitrogens with zero attached hydrogens (tertiary/aromatic N) is 2. The number of fused-ring (bicyclic) bond motifs is 1. The number of hydrogen-bond acceptors (Lipinski definition) is 1. The number of H-pyrrole nitrogens is 1. The lowest BCUT2D eigenvalue weighted by atomic mass is 10.2. The Bertz CT molecular complexity index is 673. The molecule has 0 saturated heterocycles. The van der Waals surface area contributed by atoms with Gasteiger partial charge in [-0.15, -0.1) is 0 Å². The van der Waals surface area contributed by atoms with Crippen LogP contribution in [-0.2, 0) is 0 Å². The summed E-state index contributed by atoms with van der Waals surface area (Å²) in [5.74, 6) is 0.735. The largest absolute Gasteiger partial charge is 0.320 e. The summed E-state index contributed by atoms with van der Waals surface area (Å²) in [5.41, 5.74) is 3.65. The van der Waals surface area contributed by atoms with Crippen molar-refractivity contribution in [2.24, 2.45) is 0 Å². The molecule has 1 saturated carbocycles. The Morgan fingerprint density at radius 1 is 1.35 bits per heavy atom. The first kappa shape index (κ1) is 9.05. The first-order chi connectivity index (χ1) is 8.42. The highest BCUT2D eigenvalue weighted by molar-refractivity contribution is 5.80. The molecule has 1 aliphatic carbocycles. The van der Waals surface area contributed by atoms with Gasteiger partial charge in [-0.3, -0.25) is 5.10 Å². The van der Waals surface area contributed by atoms with Crippen LogP contribution in [0.1, 0.15) is 24.5 Å². The number of aromatic nitrogens is 3. The average Bonchev–Trinajstić information content (AvgIpc) is 2.93. The standard InChI is InChI=1S/C14H12N3/c1-2-14(10-3-4-10)17(7-1)12-6-5-11-9-15-16-13(11)8-12/h2,5-10H,3-4H2,(H,15,16). The minimum absolute atomic E-state index is 0.735. The summed E-state index contributed by atoms with van der Waals surface area (Å²) in [7, 11) is 0. The van der Waals surface area contributed by atoms with E-state index in [1.54, 1.807) is 0 Å². The van der Waals surface area contributed by atoms with Gasteiger partial charge in [0.15, 0.2) is 0 Å². The lowest BCUT2D eigenvalue weighted by Gasteiger charge is -2.08. The van der Waals surface area contributed by atoms with Crippen LogP contribution in [0.2, 0.25) is 0 Å². The Morgan fingerprint density at radius 2 is 2.29 bits per heavy atom. The van der Waals surface area contributed by atoms with Crippen LogP contribution in [-0.4, -0.2) is 14.8 Å². The van der Waals surface area contributed by atoms with Crippen molar-refractivity contribution < 1.29 is 0 Å². The molecule has 0 amide bonds. The summed E-state index contributed by atoms with van der Waals surface area (Å²) >= 11 is 0. The molecule has 2 heterocycles. The topological polar surface area (TPSA) is 33.6 Å². The van der Waals surface area contributed by atoms with E-state index < -0.39 is 0 Å². The third-order valence-corrected chi connectivity index (χ3v) is 3.41. The molecule has 4 rings (SSSR count). The fraction of sp³-hybridized carbons (Fsp3) is 0.214. The Balaban J connectivity index is 1.88. The molecule has 2 aromatic heterocycles. The molecule has 1 aromatic carbocycles. The number of hydrogen-bond donors (Lipinski definition) is 1. The monoisotopic (exact) mass is 222 g/mol. The van der Waals surface area contributed by atoms with Crippen LogP contribution in [0.5, 0.6) is 0 Å². The summed E-state index contributed by atoms with van der Waals surface area (Å²) in [6.45, 7) is 0. The summed E-state index contributed by atoms with van der Waals surface area (Å²) in [6.07, 6.45) is 6.49. The second kappa shape index (κ2) is 3.23. The van der Waals surface area contributed by atoms with Crippen molar-refractivity contribution in [3.63, 3.8) is 0 Å². The molecule has 1 fully saturated rings. The first-order valence-corrected chi connectivity index (χ1v) is 5.94. The lowest BCUT2D eigenvalue weighted by molar-refractivity contribution is 0.927. The summed E-state index contributed by atoms with van der Waals surface area (Å²) < 4.78 is 2.23. The van der Waals surface area contributed by atoms with Gasteiger partial charge in [0.25, 0.3) is 0 Å². The molecule has 3 heteroatoms. The summed E-state index contributed by atoms with van der Waals surface area (Å²) in [5, 5.41) is 8.22. The zero-order valence-electron chi connectivity index (χ0n) is 9.35. The van der Waals surface area contributed by atoms with E-state index in [4.69, 9.17) is 0 Å². The first-order valence-electron chi connectivity index (χ1n) is 5.94. The SMILES string of the molecule is [c]1cc(C2CC2)n(-c2ccc3cn[nH]c3c2)c1. The molecular formula is C14H12N3. The van der Waals surface area contributed by atoms with E-state index >= 15 is 0 Å². The normalized spacial score (nSPS) is 15.5. The van der Waals surface area contributed by atoms with Crippen molar-refractivity contribution >= 4 is 10.9 Å².